The number of rotatable bonds is 11. The summed E-state index contributed by atoms with van der Waals surface area (Å²) >= 11 is 0. The Bertz CT molecular complexity index is 1230. The first-order valence-corrected chi connectivity index (χ1v) is 12.3. The summed E-state index contributed by atoms with van der Waals surface area (Å²) in [5.74, 6) is -2.59. The van der Waals surface area contributed by atoms with Crippen molar-refractivity contribution >= 4 is 34.8 Å². The van der Waals surface area contributed by atoms with Gasteiger partial charge in [-0.25, -0.2) is 15.0 Å². The molecule has 3 heterocycles. The third-order valence-electron chi connectivity index (χ3n) is 6.33. The van der Waals surface area contributed by atoms with Crippen molar-refractivity contribution in [2.45, 2.75) is 76.2 Å². The van der Waals surface area contributed by atoms with Gasteiger partial charge < -0.3 is 47.9 Å². The summed E-state index contributed by atoms with van der Waals surface area (Å²) < 4.78 is 7.19. The average Bonchev–Trinajstić information content (AvgIpc) is 3.42. The number of aromatic nitrogens is 4. The van der Waals surface area contributed by atoms with Crippen molar-refractivity contribution in [1.82, 2.24) is 30.2 Å². The summed E-state index contributed by atoms with van der Waals surface area (Å²) in [6, 6.07) is -3.82. The van der Waals surface area contributed by atoms with Crippen molar-refractivity contribution in [3.05, 3.63) is 24.5 Å². The van der Waals surface area contributed by atoms with Gasteiger partial charge in [0.15, 0.2) is 11.5 Å². The smallest absolute Gasteiger partial charge is 0.325 e. The molecule has 39 heavy (non-hydrogen) atoms. The van der Waals surface area contributed by atoms with Crippen molar-refractivity contribution in [1.29, 1.82) is 0 Å². The SMILES string of the molecule is CC(NC(=O)C(NC(=O)C(N)CCC(N)C=C1OC(n2cnc3c(N)ncnc32)C(O)C1O)C(C)C)C(=O)O. The van der Waals surface area contributed by atoms with Crippen molar-refractivity contribution in [2.75, 3.05) is 5.73 Å². The van der Waals surface area contributed by atoms with E-state index in [-0.39, 0.29) is 30.3 Å². The summed E-state index contributed by atoms with van der Waals surface area (Å²) in [7, 11) is 0. The van der Waals surface area contributed by atoms with Gasteiger partial charge in [0, 0.05) is 6.04 Å². The first-order valence-electron chi connectivity index (χ1n) is 12.3. The second-order valence-corrected chi connectivity index (χ2v) is 9.74. The van der Waals surface area contributed by atoms with Crippen LogP contribution >= 0.6 is 0 Å². The number of nitrogens with zero attached hydrogens (tertiary/aromatic N) is 4. The highest BCUT2D eigenvalue weighted by atomic mass is 16.5. The number of hydrogen-bond acceptors (Lipinski definition) is 12. The minimum atomic E-state index is -1.38. The molecule has 2 aromatic rings. The molecule has 2 amide bonds. The number of carbonyl (C=O) groups is 3. The largest absolute Gasteiger partial charge is 0.480 e. The maximum Gasteiger partial charge on any atom is 0.325 e. The number of anilines is 1. The lowest BCUT2D eigenvalue weighted by Crippen LogP contribution is -2.55. The van der Waals surface area contributed by atoms with E-state index in [4.69, 9.17) is 27.0 Å². The number of nitrogens with one attached hydrogen (secondary N) is 2. The van der Waals surface area contributed by atoms with Crippen molar-refractivity contribution in [2.24, 2.45) is 17.4 Å². The van der Waals surface area contributed by atoms with Crippen LogP contribution in [-0.4, -0.2) is 89.0 Å². The third kappa shape index (κ3) is 6.78. The van der Waals surface area contributed by atoms with E-state index < -0.39 is 60.4 Å². The number of aliphatic carboxylic acids is 1. The van der Waals surface area contributed by atoms with Crippen molar-refractivity contribution in [3.8, 4) is 0 Å². The number of fused-ring (bicyclic) bond motifs is 1. The van der Waals surface area contributed by atoms with E-state index in [2.05, 4.69) is 25.6 Å². The van der Waals surface area contributed by atoms with Crippen LogP contribution in [0.4, 0.5) is 5.82 Å². The first-order chi connectivity index (χ1) is 18.3. The van der Waals surface area contributed by atoms with E-state index in [1.54, 1.807) is 13.8 Å². The molecule has 1 aliphatic rings. The minimum absolute atomic E-state index is 0.0333. The minimum Gasteiger partial charge on any atom is -0.480 e. The molecule has 7 unspecified atom stereocenters. The Morgan fingerprint density at radius 3 is 2.44 bits per heavy atom. The van der Waals surface area contributed by atoms with E-state index in [9.17, 15) is 24.6 Å². The van der Waals surface area contributed by atoms with Gasteiger partial charge in [0.25, 0.3) is 0 Å². The van der Waals surface area contributed by atoms with Crippen LogP contribution in [0.15, 0.2) is 24.5 Å². The normalized spacial score (nSPS) is 23.3. The fourth-order valence-electron chi connectivity index (χ4n) is 3.98. The van der Waals surface area contributed by atoms with Crippen LogP contribution in [0.1, 0.15) is 39.8 Å². The van der Waals surface area contributed by atoms with E-state index in [1.165, 1.54) is 30.2 Å². The number of aliphatic hydroxyl groups is 2. The Morgan fingerprint density at radius 2 is 1.79 bits per heavy atom. The molecule has 1 aliphatic heterocycles. The average molecular weight is 550 g/mol. The van der Waals surface area contributed by atoms with Gasteiger partial charge in [-0.2, -0.15) is 0 Å². The van der Waals surface area contributed by atoms with Crippen molar-refractivity contribution < 1.29 is 34.4 Å². The standard InChI is InChI=1S/C23H35N9O7/c1-9(2)14(21(36)30-10(3)23(37)38)31-20(35)12(25)5-4-11(24)6-13-16(33)17(34)22(39-13)32-8-29-15-18(26)27-7-28-19(15)32/h6-12,14,16-17,22,33-34H,4-5,24-25H2,1-3H3,(H,30,36)(H,31,35)(H,37,38)(H2,26,27,28). The predicted molar refractivity (Wildman–Crippen MR) is 137 cm³/mol. The van der Waals surface area contributed by atoms with E-state index in [1.807, 2.05) is 0 Å². The molecular formula is C23H35N9O7. The zero-order chi connectivity index (χ0) is 29.0. The van der Waals surface area contributed by atoms with Gasteiger partial charge in [-0.3, -0.25) is 19.0 Å². The van der Waals surface area contributed by atoms with Crippen molar-refractivity contribution in [3.63, 3.8) is 0 Å². The number of amides is 2. The highest BCUT2D eigenvalue weighted by Crippen LogP contribution is 2.34. The molecule has 0 spiro atoms. The maximum absolute atomic E-state index is 12.6. The van der Waals surface area contributed by atoms with Crippen LogP contribution in [-0.2, 0) is 19.1 Å². The van der Waals surface area contributed by atoms with Crippen LogP contribution in [0.3, 0.4) is 0 Å². The summed E-state index contributed by atoms with van der Waals surface area (Å²) in [6.07, 6.45) is 0.588. The molecule has 16 nitrogen and oxygen atoms in total. The summed E-state index contributed by atoms with van der Waals surface area (Å²) in [5.41, 5.74) is 18.6. The van der Waals surface area contributed by atoms with Crippen LogP contribution < -0.4 is 27.8 Å². The van der Waals surface area contributed by atoms with E-state index in [0.717, 1.165) is 0 Å². The molecule has 11 N–H and O–H groups in total. The second kappa shape index (κ2) is 12.3. The number of carbonyl (C=O) groups excluding carboxylic acids is 2. The maximum atomic E-state index is 12.6. The molecule has 214 valence electrons. The number of nitrogens with two attached hydrogens (primary N) is 3. The van der Waals surface area contributed by atoms with E-state index in [0.29, 0.717) is 11.2 Å². The topological polar surface area (TPSA) is 267 Å². The molecule has 2 aromatic heterocycles. The van der Waals surface area contributed by atoms with Gasteiger partial charge in [0.2, 0.25) is 18.0 Å². The van der Waals surface area contributed by atoms with Crippen LogP contribution in [0.5, 0.6) is 0 Å². The summed E-state index contributed by atoms with van der Waals surface area (Å²) in [4.78, 5) is 48.2. The Morgan fingerprint density at radius 1 is 1.10 bits per heavy atom. The lowest BCUT2D eigenvalue weighted by molar-refractivity contribution is -0.142. The highest BCUT2D eigenvalue weighted by molar-refractivity contribution is 5.91. The summed E-state index contributed by atoms with van der Waals surface area (Å²) in [5, 5.41) is 35.0. The fraction of sp³-hybridized carbons (Fsp3) is 0.565. The van der Waals surface area contributed by atoms with E-state index >= 15 is 0 Å². The molecule has 0 radical (unpaired) electrons. The van der Waals surface area contributed by atoms with Gasteiger partial charge in [0.1, 0.15) is 48.2 Å². The van der Waals surface area contributed by atoms with Crippen LogP contribution in [0.25, 0.3) is 11.2 Å². The number of carboxylic acids is 1. The zero-order valence-corrected chi connectivity index (χ0v) is 21.8. The molecule has 16 heteroatoms. The highest BCUT2D eigenvalue weighted by Gasteiger charge is 2.42. The molecule has 3 rings (SSSR count). The van der Waals surface area contributed by atoms with Gasteiger partial charge in [0.05, 0.1) is 6.04 Å². The van der Waals surface area contributed by atoms with Gasteiger partial charge >= 0.3 is 5.97 Å². The van der Waals surface area contributed by atoms with Crippen LogP contribution in [0.2, 0.25) is 0 Å². The number of aliphatic hydroxyl groups excluding tert-OH is 2. The van der Waals surface area contributed by atoms with Gasteiger partial charge in [-0.05, 0) is 31.8 Å². The Balaban J connectivity index is 1.59. The zero-order valence-electron chi connectivity index (χ0n) is 21.8. The van der Waals surface area contributed by atoms with Gasteiger partial charge in [-0.1, -0.05) is 13.8 Å². The lowest BCUT2D eigenvalue weighted by Gasteiger charge is -2.24. The molecule has 0 bridgehead atoms. The molecule has 1 fully saturated rings. The second-order valence-electron chi connectivity index (χ2n) is 9.74. The number of ether oxygens (including phenoxy) is 1. The van der Waals surface area contributed by atoms with Crippen LogP contribution in [0, 0.1) is 5.92 Å². The Kier molecular flexibility index (Phi) is 9.39. The first kappa shape index (κ1) is 29.7. The molecule has 1 saturated heterocycles. The number of nitrogen functional groups attached to an aromatic ring is 1. The van der Waals surface area contributed by atoms with Gasteiger partial charge in [-0.15, -0.1) is 0 Å². The molecule has 0 aromatic carbocycles. The molecular weight excluding hydrogens is 514 g/mol. The molecule has 0 aliphatic carbocycles. The molecule has 7 atom stereocenters. The molecule has 0 saturated carbocycles. The predicted octanol–water partition coefficient (Wildman–Crippen LogP) is -2.29. The fourth-order valence-corrected chi connectivity index (χ4v) is 3.98. The lowest BCUT2D eigenvalue weighted by atomic mass is 10.0. The monoisotopic (exact) mass is 549 g/mol. The Hall–Kier alpha value is -3.86. The third-order valence-corrected chi connectivity index (χ3v) is 6.33. The quantitative estimate of drug-likeness (QED) is 0.147. The Labute approximate surface area is 223 Å². The number of hydrogen-bond donors (Lipinski definition) is 8. The summed E-state index contributed by atoms with van der Waals surface area (Å²) in [6.45, 7) is 4.72. The number of carboxylic acid groups (broad SMARTS) is 1. The number of imidazole rings is 1.